The fourth-order valence-electron chi connectivity index (χ4n) is 3.29. The number of nitrogens with zero attached hydrogens (tertiary/aromatic N) is 1. The van der Waals surface area contributed by atoms with Crippen molar-refractivity contribution < 1.29 is 14.0 Å². The van der Waals surface area contributed by atoms with Gasteiger partial charge in [-0.1, -0.05) is 0 Å². The molecule has 1 aliphatic carbocycles. The third-order valence-corrected chi connectivity index (χ3v) is 5.67. The molecule has 1 atom stereocenters. The zero-order valence-electron chi connectivity index (χ0n) is 13.1. The molecule has 7 heteroatoms. The summed E-state index contributed by atoms with van der Waals surface area (Å²) in [6.45, 7) is 0.811. The minimum absolute atomic E-state index is 0.0815. The third kappa shape index (κ3) is 3.90. The highest BCUT2D eigenvalue weighted by atomic mass is 32.2. The molecule has 3 rings (SSSR count). The van der Waals surface area contributed by atoms with Crippen LogP contribution in [0.1, 0.15) is 36.2 Å². The quantitative estimate of drug-likeness (QED) is 0.868. The van der Waals surface area contributed by atoms with Crippen LogP contribution in [-0.4, -0.2) is 47.0 Å². The van der Waals surface area contributed by atoms with Gasteiger partial charge in [-0.2, -0.15) is 0 Å². The van der Waals surface area contributed by atoms with Gasteiger partial charge in [-0.05, 0) is 43.7 Å². The summed E-state index contributed by atoms with van der Waals surface area (Å²) in [5.41, 5.74) is 6.19. The fourth-order valence-corrected chi connectivity index (χ4v) is 4.24. The van der Waals surface area contributed by atoms with Gasteiger partial charge in [0.15, 0.2) is 5.76 Å². The van der Waals surface area contributed by atoms with Gasteiger partial charge in [-0.3, -0.25) is 9.59 Å². The molecule has 23 heavy (non-hydrogen) atoms. The molecule has 2 heterocycles. The average molecular weight is 337 g/mol. The van der Waals surface area contributed by atoms with E-state index < -0.39 is 6.04 Å². The number of rotatable bonds is 4. The van der Waals surface area contributed by atoms with E-state index in [4.69, 9.17) is 10.2 Å². The van der Waals surface area contributed by atoms with Gasteiger partial charge in [-0.25, -0.2) is 0 Å². The van der Waals surface area contributed by atoms with Gasteiger partial charge in [0.1, 0.15) is 0 Å². The summed E-state index contributed by atoms with van der Waals surface area (Å²) < 4.78 is 5.10. The van der Waals surface area contributed by atoms with Gasteiger partial charge in [0.05, 0.1) is 18.2 Å². The van der Waals surface area contributed by atoms with Crippen molar-refractivity contribution in [2.75, 3.05) is 18.2 Å². The van der Waals surface area contributed by atoms with Gasteiger partial charge >= 0.3 is 0 Å². The molecule has 0 aromatic carbocycles. The summed E-state index contributed by atoms with van der Waals surface area (Å²) in [7, 11) is 0. The van der Waals surface area contributed by atoms with Crippen LogP contribution >= 0.6 is 11.8 Å². The number of nitrogens with two attached hydrogens (primary N) is 1. The summed E-state index contributed by atoms with van der Waals surface area (Å²) in [6.07, 6.45) is 4.95. The SMILES string of the molecule is NC(C(=O)N1CCSC1)C1CCC(NC(=O)c2ccco2)CC1. The molecular weight excluding hydrogens is 314 g/mol. The van der Waals surface area contributed by atoms with Crippen molar-refractivity contribution in [3.8, 4) is 0 Å². The molecule has 2 amide bonds. The second kappa shape index (κ2) is 7.40. The van der Waals surface area contributed by atoms with Gasteiger partial charge in [0, 0.05) is 18.3 Å². The number of thioether (sulfide) groups is 1. The van der Waals surface area contributed by atoms with Crippen LogP contribution in [0.4, 0.5) is 0 Å². The van der Waals surface area contributed by atoms with Gasteiger partial charge in [-0.15, -0.1) is 11.8 Å². The lowest BCUT2D eigenvalue weighted by Gasteiger charge is -2.33. The Balaban J connectivity index is 1.46. The number of amides is 2. The van der Waals surface area contributed by atoms with Crippen LogP contribution in [0.3, 0.4) is 0 Å². The maximum atomic E-state index is 12.4. The summed E-state index contributed by atoms with van der Waals surface area (Å²) in [6, 6.07) is 3.08. The lowest BCUT2D eigenvalue weighted by Crippen LogP contribution is -2.49. The Bertz CT molecular complexity index is 535. The fraction of sp³-hybridized carbons (Fsp3) is 0.625. The third-order valence-electron chi connectivity index (χ3n) is 4.71. The lowest BCUT2D eigenvalue weighted by atomic mass is 9.81. The first kappa shape index (κ1) is 16.4. The first-order valence-corrected chi connectivity index (χ1v) is 9.27. The lowest BCUT2D eigenvalue weighted by molar-refractivity contribution is -0.132. The number of hydrogen-bond acceptors (Lipinski definition) is 5. The van der Waals surface area contributed by atoms with Crippen molar-refractivity contribution in [3.63, 3.8) is 0 Å². The number of hydrogen-bond donors (Lipinski definition) is 2. The molecule has 6 nitrogen and oxygen atoms in total. The van der Waals surface area contributed by atoms with Crippen LogP contribution in [-0.2, 0) is 4.79 Å². The van der Waals surface area contributed by atoms with Crippen LogP contribution in [0.2, 0.25) is 0 Å². The maximum absolute atomic E-state index is 12.4. The van der Waals surface area contributed by atoms with Crippen LogP contribution in [0.15, 0.2) is 22.8 Å². The molecule has 1 aromatic heterocycles. The minimum atomic E-state index is -0.407. The number of nitrogens with one attached hydrogen (secondary N) is 1. The molecule has 2 fully saturated rings. The molecule has 1 aliphatic heterocycles. The van der Waals surface area contributed by atoms with E-state index in [-0.39, 0.29) is 23.8 Å². The van der Waals surface area contributed by atoms with E-state index in [0.717, 1.165) is 43.9 Å². The van der Waals surface area contributed by atoms with E-state index in [2.05, 4.69) is 5.32 Å². The van der Waals surface area contributed by atoms with Crippen LogP contribution < -0.4 is 11.1 Å². The first-order valence-electron chi connectivity index (χ1n) is 8.11. The van der Waals surface area contributed by atoms with E-state index in [1.54, 1.807) is 23.9 Å². The molecule has 1 saturated heterocycles. The molecule has 1 saturated carbocycles. The van der Waals surface area contributed by atoms with Crippen molar-refractivity contribution in [2.45, 2.75) is 37.8 Å². The molecular formula is C16H23N3O3S. The molecule has 1 aromatic rings. The molecule has 0 bridgehead atoms. The second-order valence-corrected chi connectivity index (χ2v) is 7.30. The Hall–Kier alpha value is -1.47. The number of carbonyl (C=O) groups is 2. The summed E-state index contributed by atoms with van der Waals surface area (Å²) in [5.74, 6) is 2.23. The van der Waals surface area contributed by atoms with Crippen molar-refractivity contribution in [1.82, 2.24) is 10.2 Å². The zero-order valence-corrected chi connectivity index (χ0v) is 13.9. The molecule has 1 unspecified atom stereocenters. The predicted octanol–water partition coefficient (Wildman–Crippen LogP) is 1.43. The van der Waals surface area contributed by atoms with Crippen LogP contribution in [0.25, 0.3) is 0 Å². The standard InChI is InChI=1S/C16H23N3O3S/c17-14(16(21)19-7-9-23-10-19)11-3-5-12(6-4-11)18-15(20)13-2-1-8-22-13/h1-2,8,11-12,14H,3-7,9-10,17H2,(H,18,20). The molecule has 2 aliphatic rings. The van der Waals surface area contributed by atoms with Gasteiger partial charge in [0.2, 0.25) is 5.91 Å². The Morgan fingerprint density at radius 2 is 2.13 bits per heavy atom. The van der Waals surface area contributed by atoms with Crippen molar-refractivity contribution >= 4 is 23.6 Å². The summed E-state index contributed by atoms with van der Waals surface area (Å²) in [4.78, 5) is 26.2. The van der Waals surface area contributed by atoms with Gasteiger partial charge in [0.25, 0.3) is 5.91 Å². The van der Waals surface area contributed by atoms with Crippen LogP contribution in [0, 0.1) is 5.92 Å². The smallest absolute Gasteiger partial charge is 0.287 e. The number of carbonyl (C=O) groups excluding carboxylic acids is 2. The highest BCUT2D eigenvalue weighted by molar-refractivity contribution is 7.99. The van der Waals surface area contributed by atoms with Crippen molar-refractivity contribution in [1.29, 1.82) is 0 Å². The van der Waals surface area contributed by atoms with E-state index in [0.29, 0.717) is 5.76 Å². The molecule has 3 N–H and O–H groups in total. The van der Waals surface area contributed by atoms with Crippen molar-refractivity contribution in [3.05, 3.63) is 24.2 Å². The predicted molar refractivity (Wildman–Crippen MR) is 88.9 cm³/mol. The molecule has 0 radical (unpaired) electrons. The van der Waals surface area contributed by atoms with E-state index in [1.807, 2.05) is 4.90 Å². The normalized spacial score (nSPS) is 26.0. The Morgan fingerprint density at radius 1 is 1.35 bits per heavy atom. The minimum Gasteiger partial charge on any atom is -0.459 e. The Labute approximate surface area is 140 Å². The Morgan fingerprint density at radius 3 is 2.74 bits per heavy atom. The highest BCUT2D eigenvalue weighted by Gasteiger charge is 2.33. The summed E-state index contributed by atoms with van der Waals surface area (Å²) >= 11 is 1.77. The maximum Gasteiger partial charge on any atom is 0.287 e. The zero-order chi connectivity index (χ0) is 16.2. The van der Waals surface area contributed by atoms with E-state index in [1.165, 1.54) is 6.26 Å². The second-order valence-electron chi connectivity index (χ2n) is 6.23. The average Bonchev–Trinajstić information content (AvgIpc) is 3.27. The number of furan rings is 1. The first-order chi connectivity index (χ1) is 11.1. The largest absolute Gasteiger partial charge is 0.459 e. The summed E-state index contributed by atoms with van der Waals surface area (Å²) in [5, 5.41) is 2.99. The van der Waals surface area contributed by atoms with E-state index in [9.17, 15) is 9.59 Å². The monoisotopic (exact) mass is 337 g/mol. The Kier molecular flexibility index (Phi) is 5.27. The van der Waals surface area contributed by atoms with E-state index >= 15 is 0 Å². The molecule has 126 valence electrons. The molecule has 0 spiro atoms. The van der Waals surface area contributed by atoms with Gasteiger partial charge < -0.3 is 20.4 Å². The van der Waals surface area contributed by atoms with Crippen LogP contribution in [0.5, 0.6) is 0 Å². The topological polar surface area (TPSA) is 88.6 Å². The van der Waals surface area contributed by atoms with Crippen molar-refractivity contribution in [2.24, 2.45) is 11.7 Å². The highest BCUT2D eigenvalue weighted by Crippen LogP contribution is 2.28.